The summed E-state index contributed by atoms with van der Waals surface area (Å²) in [5, 5.41) is 0. The Kier molecular flexibility index (Phi) is 3.82. The third kappa shape index (κ3) is 4.38. The van der Waals surface area contributed by atoms with Crippen LogP contribution in [0.3, 0.4) is 0 Å². The number of imidazole rings is 1. The SMILES string of the molecule is O=S(=O)(O)n1cc[n+](CCC[Si](O)(O)O)c1. The van der Waals surface area contributed by atoms with E-state index in [1.54, 1.807) is 0 Å². The maximum atomic E-state index is 10.7. The molecule has 0 saturated heterocycles. The predicted octanol–water partition coefficient (Wildman–Crippen LogP) is -2.27. The van der Waals surface area contributed by atoms with Crippen molar-refractivity contribution in [1.29, 1.82) is 0 Å². The zero-order chi connectivity index (χ0) is 12.4. The first-order valence-electron chi connectivity index (χ1n) is 4.41. The van der Waals surface area contributed by atoms with E-state index in [9.17, 15) is 8.42 Å². The summed E-state index contributed by atoms with van der Waals surface area (Å²) in [6, 6.07) is -0.128. The summed E-state index contributed by atoms with van der Waals surface area (Å²) < 4.78 is 32.1. The molecule has 1 aromatic heterocycles. The summed E-state index contributed by atoms with van der Waals surface area (Å²) >= 11 is 0. The highest BCUT2D eigenvalue weighted by atomic mass is 32.2. The second-order valence-corrected chi connectivity index (χ2v) is 6.70. The summed E-state index contributed by atoms with van der Waals surface area (Å²) in [7, 11) is -8.31. The van der Waals surface area contributed by atoms with Gasteiger partial charge < -0.3 is 14.4 Å². The van der Waals surface area contributed by atoms with E-state index in [0.29, 0.717) is 10.5 Å². The number of rotatable bonds is 5. The number of aromatic nitrogens is 2. The van der Waals surface area contributed by atoms with E-state index in [-0.39, 0.29) is 12.5 Å². The molecule has 0 aromatic carbocycles. The quantitative estimate of drug-likeness (QED) is 0.271. The minimum Gasteiger partial charge on any atom is -0.390 e. The highest BCUT2D eigenvalue weighted by Crippen LogP contribution is 2.01. The van der Waals surface area contributed by atoms with Gasteiger partial charge in [0.1, 0.15) is 12.4 Å². The van der Waals surface area contributed by atoms with E-state index in [4.69, 9.17) is 18.9 Å². The van der Waals surface area contributed by atoms with Crippen LogP contribution in [0.2, 0.25) is 6.04 Å². The smallest absolute Gasteiger partial charge is 0.390 e. The molecule has 1 rings (SSSR count). The second-order valence-electron chi connectivity index (χ2n) is 3.34. The molecule has 4 N–H and O–H groups in total. The van der Waals surface area contributed by atoms with Gasteiger partial charge in [0.05, 0.1) is 6.54 Å². The van der Waals surface area contributed by atoms with Gasteiger partial charge in [-0.1, -0.05) is 0 Å². The molecule has 10 heteroatoms. The van der Waals surface area contributed by atoms with Crippen LogP contribution < -0.4 is 4.57 Å². The number of aryl methyl sites for hydroxylation is 1. The van der Waals surface area contributed by atoms with Crippen molar-refractivity contribution >= 4 is 19.1 Å². The van der Waals surface area contributed by atoms with E-state index >= 15 is 0 Å². The van der Waals surface area contributed by atoms with Crippen molar-refractivity contribution < 1.29 is 31.9 Å². The van der Waals surface area contributed by atoms with Gasteiger partial charge in [-0.3, -0.25) is 4.55 Å². The molecule has 0 spiro atoms. The summed E-state index contributed by atoms with van der Waals surface area (Å²) in [5.41, 5.74) is 0. The first-order valence-corrected chi connectivity index (χ1v) is 7.85. The van der Waals surface area contributed by atoms with Crippen LogP contribution in [0.15, 0.2) is 18.7 Å². The molecule has 92 valence electrons. The second kappa shape index (κ2) is 4.61. The van der Waals surface area contributed by atoms with Gasteiger partial charge in [-0.2, -0.15) is 8.42 Å². The van der Waals surface area contributed by atoms with Crippen LogP contribution in [0.5, 0.6) is 0 Å². The fourth-order valence-electron chi connectivity index (χ4n) is 1.14. The van der Waals surface area contributed by atoms with Crippen molar-refractivity contribution in [3.05, 3.63) is 18.7 Å². The molecule has 8 nitrogen and oxygen atoms in total. The molecule has 0 fully saturated rings. The molecule has 0 atom stereocenters. The average Bonchev–Trinajstić information content (AvgIpc) is 2.49. The first-order chi connectivity index (χ1) is 7.18. The molecule has 0 bridgehead atoms. The van der Waals surface area contributed by atoms with Crippen LogP contribution in [0.25, 0.3) is 0 Å². The molecule has 0 aliphatic heterocycles. The monoisotopic (exact) mass is 269 g/mol. The maximum absolute atomic E-state index is 10.7. The Morgan fingerprint density at radius 1 is 1.31 bits per heavy atom. The van der Waals surface area contributed by atoms with Gasteiger partial charge in [-0.05, 0) is 6.42 Å². The molecule has 0 radical (unpaired) electrons. The van der Waals surface area contributed by atoms with Gasteiger partial charge in [0.25, 0.3) is 6.33 Å². The van der Waals surface area contributed by atoms with Crippen molar-refractivity contribution in [3.63, 3.8) is 0 Å². The van der Waals surface area contributed by atoms with Crippen molar-refractivity contribution in [2.45, 2.75) is 19.0 Å². The third-order valence-electron chi connectivity index (χ3n) is 1.86. The van der Waals surface area contributed by atoms with Crippen LogP contribution in [0, 0.1) is 0 Å². The molecular weight excluding hydrogens is 256 g/mol. The van der Waals surface area contributed by atoms with E-state index in [2.05, 4.69) is 0 Å². The summed E-state index contributed by atoms with van der Waals surface area (Å²) in [4.78, 5) is 26.2. The largest absolute Gasteiger partial charge is 0.492 e. The Balaban J connectivity index is 2.54. The Morgan fingerprint density at radius 3 is 2.38 bits per heavy atom. The zero-order valence-corrected chi connectivity index (χ0v) is 10.1. The van der Waals surface area contributed by atoms with Crippen molar-refractivity contribution in [2.75, 3.05) is 0 Å². The lowest BCUT2D eigenvalue weighted by atomic mass is 10.5. The van der Waals surface area contributed by atoms with E-state index < -0.39 is 19.1 Å². The van der Waals surface area contributed by atoms with Crippen molar-refractivity contribution in [1.82, 2.24) is 3.97 Å². The lowest BCUT2D eigenvalue weighted by molar-refractivity contribution is -0.696. The molecule has 0 aliphatic rings. The molecule has 0 saturated carbocycles. The fourth-order valence-corrected chi connectivity index (χ4v) is 2.22. The lowest BCUT2D eigenvalue weighted by Crippen LogP contribution is -2.37. The van der Waals surface area contributed by atoms with E-state index in [0.717, 1.165) is 12.5 Å². The van der Waals surface area contributed by atoms with Gasteiger partial charge in [-0.25, -0.2) is 4.57 Å². The Morgan fingerprint density at radius 2 is 1.94 bits per heavy atom. The maximum Gasteiger partial charge on any atom is 0.492 e. The van der Waals surface area contributed by atoms with E-state index in [1.165, 1.54) is 10.8 Å². The van der Waals surface area contributed by atoms with Gasteiger partial charge in [-0.15, -0.1) is 3.97 Å². The standard InChI is InChI=1S/C6H12N2O6SSi/c9-15(10,11)8-4-3-7(6-8)2-1-5-16(12,13)14/h3-4,6,12-14H,1-2,5H2/p+1. The molecule has 16 heavy (non-hydrogen) atoms. The zero-order valence-electron chi connectivity index (χ0n) is 8.26. The molecule has 1 heterocycles. The fraction of sp³-hybridized carbons (Fsp3) is 0.500. The molecule has 0 aliphatic carbocycles. The van der Waals surface area contributed by atoms with E-state index in [1.807, 2.05) is 0 Å². The Hall–Kier alpha value is -0.783. The molecular formula is C6H13N2O6SSi+. The lowest BCUT2D eigenvalue weighted by Gasteiger charge is -2.06. The average molecular weight is 269 g/mol. The predicted molar refractivity (Wildman–Crippen MR) is 53.4 cm³/mol. The summed E-state index contributed by atoms with van der Waals surface area (Å²) in [5.74, 6) is 0. The molecule has 0 unspecified atom stereocenters. The Bertz CT molecular complexity index is 450. The van der Waals surface area contributed by atoms with Crippen molar-refractivity contribution in [3.8, 4) is 0 Å². The van der Waals surface area contributed by atoms with Crippen LogP contribution in [-0.2, 0) is 16.8 Å². The topological polar surface area (TPSA) is 124 Å². The molecule has 0 amide bonds. The number of hydrogen-bond donors (Lipinski definition) is 4. The minimum atomic E-state index is -4.28. The third-order valence-corrected chi connectivity index (χ3v) is 3.64. The van der Waals surface area contributed by atoms with Crippen LogP contribution in [0.1, 0.15) is 6.42 Å². The van der Waals surface area contributed by atoms with Crippen LogP contribution in [-0.4, -0.2) is 40.1 Å². The number of hydrogen-bond acceptors (Lipinski definition) is 5. The summed E-state index contributed by atoms with van der Waals surface area (Å²) in [6.07, 6.45) is 3.99. The van der Waals surface area contributed by atoms with Gasteiger partial charge in [0, 0.05) is 6.04 Å². The van der Waals surface area contributed by atoms with Crippen LogP contribution >= 0.6 is 0 Å². The summed E-state index contributed by atoms with van der Waals surface area (Å²) in [6.45, 7) is 0.305. The van der Waals surface area contributed by atoms with Gasteiger partial charge in [0.2, 0.25) is 0 Å². The van der Waals surface area contributed by atoms with Crippen molar-refractivity contribution in [2.24, 2.45) is 0 Å². The van der Waals surface area contributed by atoms with Gasteiger partial charge >= 0.3 is 19.1 Å². The number of nitrogens with zero attached hydrogens (tertiary/aromatic N) is 2. The Labute approximate surface area is 93.3 Å². The van der Waals surface area contributed by atoms with Gasteiger partial charge in [0.15, 0.2) is 0 Å². The molecule has 1 aromatic rings. The first kappa shape index (κ1) is 13.3. The highest BCUT2D eigenvalue weighted by molar-refractivity contribution is 7.84. The normalized spacial score (nSPS) is 13.0. The van der Waals surface area contributed by atoms with Crippen LogP contribution in [0.4, 0.5) is 0 Å². The minimum absolute atomic E-state index is 0.128. The highest BCUT2D eigenvalue weighted by Gasteiger charge is 2.26.